The Labute approximate surface area is 98.4 Å². The Bertz CT molecular complexity index is 339. The molecule has 0 amide bonds. The zero-order valence-electron chi connectivity index (χ0n) is 10.2. The molecule has 2 nitrogen and oxygen atoms in total. The fourth-order valence-corrected chi connectivity index (χ4v) is 2.43. The zero-order chi connectivity index (χ0) is 11.4. The van der Waals surface area contributed by atoms with Gasteiger partial charge in [0.25, 0.3) is 0 Å². The lowest BCUT2D eigenvalue weighted by Crippen LogP contribution is -2.24. The van der Waals surface area contributed by atoms with Crippen molar-refractivity contribution in [3.05, 3.63) is 29.3 Å². The highest BCUT2D eigenvalue weighted by atomic mass is 15.1. The lowest BCUT2D eigenvalue weighted by Gasteiger charge is -2.21. The Kier molecular flexibility index (Phi) is 3.83. The number of rotatable bonds is 2. The number of nitrogen functional groups attached to an aromatic ring is 1. The summed E-state index contributed by atoms with van der Waals surface area (Å²) in [5.74, 6) is 0. The fraction of sp³-hybridized carbons (Fsp3) is 0.571. The van der Waals surface area contributed by atoms with Crippen LogP contribution in [0.2, 0.25) is 0 Å². The van der Waals surface area contributed by atoms with Crippen LogP contribution in [0.25, 0.3) is 0 Å². The molecule has 1 fully saturated rings. The quantitative estimate of drug-likeness (QED) is 0.773. The first-order valence-electron chi connectivity index (χ1n) is 6.33. The van der Waals surface area contributed by atoms with Gasteiger partial charge in [0, 0.05) is 12.2 Å². The number of nitrogens with zero attached hydrogens (tertiary/aromatic N) is 1. The van der Waals surface area contributed by atoms with Crippen LogP contribution in [0.4, 0.5) is 5.69 Å². The monoisotopic (exact) mass is 218 g/mol. The van der Waals surface area contributed by atoms with Gasteiger partial charge >= 0.3 is 0 Å². The van der Waals surface area contributed by atoms with Crippen LogP contribution in [-0.2, 0) is 6.54 Å². The molecule has 2 rings (SSSR count). The molecule has 1 aromatic rings. The van der Waals surface area contributed by atoms with Gasteiger partial charge in [-0.1, -0.05) is 18.9 Å². The minimum atomic E-state index is 0.872. The van der Waals surface area contributed by atoms with Crippen LogP contribution in [0, 0.1) is 6.92 Å². The van der Waals surface area contributed by atoms with Crippen molar-refractivity contribution in [1.29, 1.82) is 0 Å². The molecular weight excluding hydrogens is 196 g/mol. The Morgan fingerprint density at radius 3 is 2.44 bits per heavy atom. The molecule has 1 aliphatic heterocycles. The van der Waals surface area contributed by atoms with Crippen molar-refractivity contribution in [2.75, 3.05) is 18.8 Å². The first kappa shape index (κ1) is 11.5. The molecule has 0 atom stereocenters. The molecule has 2 N–H and O–H groups in total. The summed E-state index contributed by atoms with van der Waals surface area (Å²) in [4.78, 5) is 2.57. The number of anilines is 1. The first-order valence-corrected chi connectivity index (χ1v) is 6.33. The third kappa shape index (κ3) is 2.99. The van der Waals surface area contributed by atoms with Gasteiger partial charge in [-0.25, -0.2) is 0 Å². The Hall–Kier alpha value is -1.02. The van der Waals surface area contributed by atoms with Gasteiger partial charge in [-0.3, -0.25) is 4.90 Å². The third-order valence-corrected chi connectivity index (χ3v) is 3.46. The molecule has 0 bridgehead atoms. The number of hydrogen-bond acceptors (Lipinski definition) is 2. The van der Waals surface area contributed by atoms with Gasteiger partial charge in [0.1, 0.15) is 0 Å². The number of aryl methyl sites for hydroxylation is 1. The number of benzene rings is 1. The van der Waals surface area contributed by atoms with E-state index < -0.39 is 0 Å². The van der Waals surface area contributed by atoms with Crippen molar-refractivity contribution >= 4 is 5.69 Å². The van der Waals surface area contributed by atoms with Gasteiger partial charge in [0.2, 0.25) is 0 Å². The summed E-state index contributed by atoms with van der Waals surface area (Å²) >= 11 is 0. The average Bonchev–Trinajstić information content (AvgIpc) is 2.51. The molecule has 0 spiro atoms. The normalized spacial score (nSPS) is 18.3. The van der Waals surface area contributed by atoms with Gasteiger partial charge in [-0.2, -0.15) is 0 Å². The van der Waals surface area contributed by atoms with E-state index in [1.807, 2.05) is 6.07 Å². The minimum absolute atomic E-state index is 0.872. The lowest BCUT2D eigenvalue weighted by atomic mass is 10.1. The Morgan fingerprint density at radius 2 is 1.81 bits per heavy atom. The largest absolute Gasteiger partial charge is 0.399 e. The van der Waals surface area contributed by atoms with E-state index >= 15 is 0 Å². The van der Waals surface area contributed by atoms with Crippen molar-refractivity contribution < 1.29 is 0 Å². The first-order chi connectivity index (χ1) is 7.75. The standard InChI is InChI=1S/C14H22N2/c1-12-10-14(15)7-6-13(12)11-16-8-4-2-3-5-9-16/h6-7,10H,2-5,8-9,11,15H2,1H3. The summed E-state index contributed by atoms with van der Waals surface area (Å²) in [6, 6.07) is 6.27. The van der Waals surface area contributed by atoms with Crippen LogP contribution >= 0.6 is 0 Å². The van der Waals surface area contributed by atoms with Crippen LogP contribution in [0.3, 0.4) is 0 Å². The summed E-state index contributed by atoms with van der Waals surface area (Å²) in [6.45, 7) is 5.75. The third-order valence-electron chi connectivity index (χ3n) is 3.46. The van der Waals surface area contributed by atoms with E-state index in [2.05, 4.69) is 24.0 Å². The molecule has 0 unspecified atom stereocenters. The van der Waals surface area contributed by atoms with Gasteiger partial charge in [0.05, 0.1) is 0 Å². The van der Waals surface area contributed by atoms with Gasteiger partial charge in [0.15, 0.2) is 0 Å². The van der Waals surface area contributed by atoms with Gasteiger partial charge in [-0.05, 0) is 56.1 Å². The summed E-state index contributed by atoms with van der Waals surface area (Å²) in [5.41, 5.74) is 9.39. The highest BCUT2D eigenvalue weighted by Crippen LogP contribution is 2.17. The Morgan fingerprint density at radius 1 is 1.12 bits per heavy atom. The average molecular weight is 218 g/mol. The number of nitrogens with two attached hydrogens (primary N) is 1. The predicted molar refractivity (Wildman–Crippen MR) is 69.3 cm³/mol. The van der Waals surface area contributed by atoms with Crippen LogP contribution in [0.5, 0.6) is 0 Å². The highest BCUT2D eigenvalue weighted by Gasteiger charge is 2.10. The fourth-order valence-electron chi connectivity index (χ4n) is 2.43. The summed E-state index contributed by atoms with van der Waals surface area (Å²) in [5, 5.41) is 0. The molecule has 1 saturated heterocycles. The van der Waals surface area contributed by atoms with Crippen LogP contribution in [0.1, 0.15) is 36.8 Å². The van der Waals surface area contributed by atoms with Crippen molar-refractivity contribution in [3.63, 3.8) is 0 Å². The van der Waals surface area contributed by atoms with Crippen molar-refractivity contribution in [2.24, 2.45) is 0 Å². The second-order valence-electron chi connectivity index (χ2n) is 4.88. The lowest BCUT2D eigenvalue weighted by molar-refractivity contribution is 0.276. The second kappa shape index (κ2) is 5.35. The van der Waals surface area contributed by atoms with E-state index in [1.54, 1.807) is 0 Å². The Balaban J connectivity index is 2.01. The summed E-state index contributed by atoms with van der Waals surface area (Å²) in [6.07, 6.45) is 5.51. The van der Waals surface area contributed by atoms with Crippen LogP contribution in [0.15, 0.2) is 18.2 Å². The predicted octanol–water partition coefficient (Wildman–Crippen LogP) is 2.95. The molecule has 88 valence electrons. The maximum absolute atomic E-state index is 5.77. The van der Waals surface area contributed by atoms with E-state index in [0.717, 1.165) is 12.2 Å². The van der Waals surface area contributed by atoms with E-state index in [4.69, 9.17) is 5.73 Å². The molecule has 1 aliphatic rings. The van der Waals surface area contributed by atoms with Crippen LogP contribution < -0.4 is 5.73 Å². The smallest absolute Gasteiger partial charge is 0.0316 e. The van der Waals surface area contributed by atoms with Crippen molar-refractivity contribution in [3.8, 4) is 0 Å². The van der Waals surface area contributed by atoms with Crippen molar-refractivity contribution in [2.45, 2.75) is 39.2 Å². The van der Waals surface area contributed by atoms with E-state index in [0.29, 0.717) is 0 Å². The summed E-state index contributed by atoms with van der Waals surface area (Å²) in [7, 11) is 0. The zero-order valence-corrected chi connectivity index (χ0v) is 10.2. The highest BCUT2D eigenvalue weighted by molar-refractivity contribution is 5.44. The molecule has 0 aliphatic carbocycles. The second-order valence-corrected chi connectivity index (χ2v) is 4.88. The molecular formula is C14H22N2. The molecule has 1 aromatic carbocycles. The van der Waals surface area contributed by atoms with Gasteiger partial charge in [-0.15, -0.1) is 0 Å². The van der Waals surface area contributed by atoms with Gasteiger partial charge < -0.3 is 5.73 Å². The minimum Gasteiger partial charge on any atom is -0.399 e. The number of hydrogen-bond donors (Lipinski definition) is 1. The molecule has 2 heteroatoms. The summed E-state index contributed by atoms with van der Waals surface area (Å²) < 4.78 is 0. The molecule has 1 heterocycles. The van der Waals surface area contributed by atoms with E-state index in [1.165, 1.54) is 49.9 Å². The molecule has 0 saturated carbocycles. The van der Waals surface area contributed by atoms with Crippen molar-refractivity contribution in [1.82, 2.24) is 4.90 Å². The van der Waals surface area contributed by atoms with E-state index in [-0.39, 0.29) is 0 Å². The molecule has 16 heavy (non-hydrogen) atoms. The van der Waals surface area contributed by atoms with E-state index in [9.17, 15) is 0 Å². The van der Waals surface area contributed by atoms with Crippen LogP contribution in [-0.4, -0.2) is 18.0 Å². The molecule has 0 radical (unpaired) electrons. The maximum atomic E-state index is 5.77. The number of likely N-dealkylation sites (tertiary alicyclic amines) is 1. The SMILES string of the molecule is Cc1cc(N)ccc1CN1CCCCCC1. The maximum Gasteiger partial charge on any atom is 0.0316 e. The topological polar surface area (TPSA) is 29.3 Å². The molecule has 0 aromatic heterocycles.